The highest BCUT2D eigenvalue weighted by Crippen LogP contribution is 2.18. The molecule has 1 saturated heterocycles. The Hall–Kier alpha value is -0.650. The molecule has 5 nitrogen and oxygen atoms in total. The summed E-state index contributed by atoms with van der Waals surface area (Å²) < 4.78 is 5.66. The molecule has 0 aliphatic carbocycles. The fourth-order valence-corrected chi connectivity index (χ4v) is 2.42. The van der Waals surface area contributed by atoms with Gasteiger partial charge in [-0.3, -0.25) is 15.1 Å². The Bertz CT molecular complexity index is 235. The fraction of sp³-hybridized carbons (Fsp3) is 0.909. The third-order valence-electron chi connectivity index (χ3n) is 2.88. The first-order valence-electron chi connectivity index (χ1n) is 5.85. The Balaban J connectivity index is 2.74. The average Bonchev–Trinajstić information content (AvgIpc) is 2.15. The molecule has 1 amide bonds. The van der Waals surface area contributed by atoms with Gasteiger partial charge in [0.1, 0.15) is 0 Å². The van der Waals surface area contributed by atoms with E-state index in [4.69, 9.17) is 10.6 Å². The molecule has 0 saturated carbocycles. The topological polar surface area (TPSA) is 67.6 Å². The maximum atomic E-state index is 11.7. The number of nitrogens with two attached hydrogens (primary N) is 1. The first-order chi connectivity index (χ1) is 7.45. The zero-order valence-corrected chi connectivity index (χ0v) is 10.6. The number of amides is 1. The highest BCUT2D eigenvalue weighted by molar-refractivity contribution is 5.81. The molecular weight excluding hydrogens is 206 g/mol. The molecule has 0 radical (unpaired) electrons. The standard InChI is InChI=1S/C11H23N3O2/c1-7(2)10(11(15)13-12)14-5-8(3)16-9(4)6-14/h7-10H,5-6,12H2,1-4H3,(H,13,15)/t8-,9-,10-/m0/s1. The average molecular weight is 229 g/mol. The van der Waals surface area contributed by atoms with Gasteiger partial charge < -0.3 is 4.74 Å². The van der Waals surface area contributed by atoms with Crippen molar-refractivity contribution in [3.8, 4) is 0 Å². The van der Waals surface area contributed by atoms with Gasteiger partial charge in [-0.25, -0.2) is 5.84 Å². The van der Waals surface area contributed by atoms with Crippen LogP contribution in [0.25, 0.3) is 0 Å². The summed E-state index contributed by atoms with van der Waals surface area (Å²) in [5.41, 5.74) is 2.25. The van der Waals surface area contributed by atoms with Gasteiger partial charge in [0.25, 0.3) is 5.91 Å². The Kier molecular flexibility index (Phi) is 4.70. The summed E-state index contributed by atoms with van der Waals surface area (Å²) in [6.07, 6.45) is 0.325. The van der Waals surface area contributed by atoms with Gasteiger partial charge >= 0.3 is 0 Å². The first kappa shape index (κ1) is 13.4. The summed E-state index contributed by atoms with van der Waals surface area (Å²) in [6.45, 7) is 9.68. The van der Waals surface area contributed by atoms with Crippen molar-refractivity contribution in [2.75, 3.05) is 13.1 Å². The third kappa shape index (κ3) is 3.17. The lowest BCUT2D eigenvalue weighted by Gasteiger charge is -2.40. The predicted octanol–water partition coefficient (Wildman–Crippen LogP) is 0.110. The summed E-state index contributed by atoms with van der Waals surface area (Å²) in [4.78, 5) is 13.9. The molecule has 0 aromatic rings. The zero-order chi connectivity index (χ0) is 12.3. The van der Waals surface area contributed by atoms with Gasteiger partial charge in [-0.2, -0.15) is 0 Å². The minimum Gasteiger partial charge on any atom is -0.373 e. The van der Waals surface area contributed by atoms with Crippen LogP contribution in [0.5, 0.6) is 0 Å². The lowest BCUT2D eigenvalue weighted by molar-refractivity contribution is -0.135. The number of ether oxygens (including phenoxy) is 1. The van der Waals surface area contributed by atoms with Crippen LogP contribution in [-0.2, 0) is 9.53 Å². The molecular formula is C11H23N3O2. The maximum absolute atomic E-state index is 11.7. The molecule has 1 aliphatic heterocycles. The van der Waals surface area contributed by atoms with E-state index in [1.54, 1.807) is 0 Å². The fourth-order valence-electron chi connectivity index (χ4n) is 2.42. The molecule has 3 N–H and O–H groups in total. The van der Waals surface area contributed by atoms with Crippen LogP contribution in [0.1, 0.15) is 27.7 Å². The number of carbonyl (C=O) groups is 1. The van der Waals surface area contributed by atoms with E-state index in [0.717, 1.165) is 13.1 Å². The highest BCUT2D eigenvalue weighted by atomic mass is 16.5. The van der Waals surface area contributed by atoms with Crippen molar-refractivity contribution in [1.29, 1.82) is 0 Å². The number of rotatable bonds is 3. The van der Waals surface area contributed by atoms with Gasteiger partial charge in [0.05, 0.1) is 18.2 Å². The Morgan fingerprint density at radius 1 is 1.38 bits per heavy atom. The lowest BCUT2D eigenvalue weighted by atomic mass is 10.00. The van der Waals surface area contributed by atoms with E-state index < -0.39 is 0 Å². The first-order valence-corrected chi connectivity index (χ1v) is 5.85. The number of hydrogen-bond acceptors (Lipinski definition) is 4. The summed E-state index contributed by atoms with van der Waals surface area (Å²) in [5.74, 6) is 5.35. The second kappa shape index (κ2) is 5.61. The Labute approximate surface area is 97.3 Å². The van der Waals surface area contributed by atoms with Crippen molar-refractivity contribution >= 4 is 5.91 Å². The van der Waals surface area contributed by atoms with Crippen molar-refractivity contribution in [2.24, 2.45) is 11.8 Å². The van der Waals surface area contributed by atoms with Gasteiger partial charge in [-0.15, -0.1) is 0 Å². The largest absolute Gasteiger partial charge is 0.373 e. The van der Waals surface area contributed by atoms with Crippen LogP contribution in [0, 0.1) is 5.92 Å². The molecule has 0 aromatic heterocycles. The Morgan fingerprint density at radius 3 is 2.25 bits per heavy atom. The Morgan fingerprint density at radius 2 is 1.88 bits per heavy atom. The van der Waals surface area contributed by atoms with E-state index in [9.17, 15) is 4.79 Å². The van der Waals surface area contributed by atoms with E-state index in [1.807, 2.05) is 27.7 Å². The van der Waals surface area contributed by atoms with Crippen molar-refractivity contribution in [2.45, 2.75) is 45.9 Å². The van der Waals surface area contributed by atoms with Crippen LogP contribution >= 0.6 is 0 Å². The third-order valence-corrected chi connectivity index (χ3v) is 2.88. The van der Waals surface area contributed by atoms with E-state index >= 15 is 0 Å². The smallest absolute Gasteiger partial charge is 0.251 e. The SMILES string of the molecule is CC(C)[C@@H](C(=O)NN)N1C[C@H](C)O[C@@H](C)C1. The van der Waals surface area contributed by atoms with E-state index in [0.29, 0.717) is 0 Å². The number of hydrazine groups is 1. The van der Waals surface area contributed by atoms with Gasteiger partial charge in [-0.05, 0) is 19.8 Å². The molecule has 0 unspecified atom stereocenters. The summed E-state index contributed by atoms with van der Waals surface area (Å²) in [5, 5.41) is 0. The molecule has 5 heteroatoms. The summed E-state index contributed by atoms with van der Waals surface area (Å²) in [6, 6.07) is -0.168. The number of morpholine rings is 1. The van der Waals surface area contributed by atoms with Crippen LogP contribution < -0.4 is 11.3 Å². The molecule has 94 valence electrons. The van der Waals surface area contributed by atoms with Crippen molar-refractivity contribution < 1.29 is 9.53 Å². The number of carbonyl (C=O) groups excluding carboxylic acids is 1. The zero-order valence-electron chi connectivity index (χ0n) is 10.6. The second-order valence-corrected chi connectivity index (χ2v) is 4.91. The normalized spacial score (nSPS) is 29.1. The molecule has 0 aromatic carbocycles. The van der Waals surface area contributed by atoms with Crippen LogP contribution in [0.2, 0.25) is 0 Å². The van der Waals surface area contributed by atoms with Gasteiger partial charge in [0, 0.05) is 13.1 Å². The molecule has 0 spiro atoms. The highest BCUT2D eigenvalue weighted by Gasteiger charge is 2.33. The van der Waals surface area contributed by atoms with Gasteiger partial charge in [-0.1, -0.05) is 13.8 Å². The van der Waals surface area contributed by atoms with Crippen LogP contribution in [-0.4, -0.2) is 42.1 Å². The molecule has 16 heavy (non-hydrogen) atoms. The summed E-state index contributed by atoms with van der Waals surface area (Å²) in [7, 11) is 0. The van der Waals surface area contributed by atoms with Crippen molar-refractivity contribution in [3.63, 3.8) is 0 Å². The van der Waals surface area contributed by atoms with Gasteiger partial charge in [0.2, 0.25) is 0 Å². The monoisotopic (exact) mass is 229 g/mol. The minimum atomic E-state index is -0.168. The molecule has 1 heterocycles. The maximum Gasteiger partial charge on any atom is 0.251 e. The van der Waals surface area contributed by atoms with E-state index in [-0.39, 0.29) is 30.1 Å². The van der Waals surface area contributed by atoms with Crippen LogP contribution in [0.15, 0.2) is 0 Å². The molecule has 0 bridgehead atoms. The second-order valence-electron chi connectivity index (χ2n) is 4.91. The minimum absolute atomic E-state index is 0.115. The quantitative estimate of drug-likeness (QED) is 0.409. The number of hydrogen-bond donors (Lipinski definition) is 2. The molecule has 1 aliphatic rings. The molecule has 1 rings (SSSR count). The predicted molar refractivity (Wildman–Crippen MR) is 62.5 cm³/mol. The van der Waals surface area contributed by atoms with Gasteiger partial charge in [0.15, 0.2) is 0 Å². The van der Waals surface area contributed by atoms with Crippen LogP contribution in [0.3, 0.4) is 0 Å². The van der Waals surface area contributed by atoms with E-state index in [1.165, 1.54) is 0 Å². The van der Waals surface area contributed by atoms with Crippen molar-refractivity contribution in [3.05, 3.63) is 0 Å². The molecule has 3 atom stereocenters. The van der Waals surface area contributed by atoms with Crippen LogP contribution in [0.4, 0.5) is 0 Å². The number of nitrogens with zero attached hydrogens (tertiary/aromatic N) is 1. The van der Waals surface area contributed by atoms with E-state index in [2.05, 4.69) is 10.3 Å². The van der Waals surface area contributed by atoms with Crippen molar-refractivity contribution in [1.82, 2.24) is 10.3 Å². The number of nitrogens with one attached hydrogen (secondary N) is 1. The lowest BCUT2D eigenvalue weighted by Crippen LogP contribution is -2.57. The summed E-state index contributed by atoms with van der Waals surface area (Å²) >= 11 is 0. The molecule has 1 fully saturated rings.